The number of nitrogens with zero attached hydrogens (tertiary/aromatic N) is 1. The van der Waals surface area contributed by atoms with E-state index in [1.54, 1.807) is 6.07 Å². The first-order valence-corrected chi connectivity index (χ1v) is 12.0. The summed E-state index contributed by atoms with van der Waals surface area (Å²) in [6.07, 6.45) is 5.80. The van der Waals surface area contributed by atoms with Crippen LogP contribution in [0, 0.1) is 5.92 Å². The Morgan fingerprint density at radius 2 is 2.06 bits per heavy atom. The zero-order valence-electron chi connectivity index (χ0n) is 19.4. The molecular weight excluding hydrogens is 408 g/mol. The van der Waals surface area contributed by atoms with Gasteiger partial charge in [0.05, 0.1) is 18.2 Å². The topological polar surface area (TPSA) is 88.1 Å². The van der Waals surface area contributed by atoms with Crippen molar-refractivity contribution in [2.75, 3.05) is 13.1 Å². The third-order valence-electron chi connectivity index (χ3n) is 7.25. The number of hydrogen-bond donors (Lipinski definition) is 2. The lowest BCUT2D eigenvalue weighted by Crippen LogP contribution is -2.60. The molecule has 4 atom stereocenters. The van der Waals surface area contributed by atoms with Crippen LogP contribution in [-0.4, -0.2) is 52.7 Å². The summed E-state index contributed by atoms with van der Waals surface area (Å²) in [6, 6.07) is 5.54. The Bertz CT molecular complexity index is 855. The van der Waals surface area contributed by atoms with E-state index in [4.69, 9.17) is 9.47 Å². The van der Waals surface area contributed by atoms with Crippen LogP contribution in [0.1, 0.15) is 77.4 Å². The molecule has 3 aliphatic rings. The highest BCUT2D eigenvalue weighted by Crippen LogP contribution is 2.54. The largest absolute Gasteiger partial charge is 0.504 e. The molecule has 7 heteroatoms. The summed E-state index contributed by atoms with van der Waals surface area (Å²) in [5.74, 6) is 0.973. The SMILES string of the molecule is CC(=O)NCCCCCC(=O)N1CCC[C@@H]2O[C@@H]3c4cccc(O)c4OC(C)(C)[C@H]3C[C@@H]21. The molecular formula is C25H36N2O5. The van der Waals surface area contributed by atoms with E-state index < -0.39 is 5.60 Å². The third-order valence-corrected chi connectivity index (χ3v) is 7.25. The van der Waals surface area contributed by atoms with Crippen molar-refractivity contribution in [2.45, 2.75) is 89.6 Å². The highest BCUT2D eigenvalue weighted by Gasteiger charge is 2.53. The fraction of sp³-hybridized carbons (Fsp3) is 0.680. The number of phenolic OH excluding ortho intramolecular Hbond substituents is 1. The molecule has 1 aromatic carbocycles. The van der Waals surface area contributed by atoms with Gasteiger partial charge in [0.25, 0.3) is 0 Å². The summed E-state index contributed by atoms with van der Waals surface area (Å²) < 4.78 is 12.9. The molecule has 0 bridgehead atoms. The number of fused-ring (bicyclic) bond motifs is 4. The molecule has 0 spiro atoms. The second-order valence-electron chi connectivity index (χ2n) is 9.93. The Morgan fingerprint density at radius 1 is 1.25 bits per heavy atom. The number of likely N-dealkylation sites (tertiary alicyclic amines) is 1. The molecule has 2 amide bonds. The van der Waals surface area contributed by atoms with Gasteiger partial charge >= 0.3 is 0 Å². The van der Waals surface area contributed by atoms with E-state index in [1.165, 1.54) is 6.92 Å². The number of ether oxygens (including phenoxy) is 2. The number of piperidine rings is 1. The summed E-state index contributed by atoms with van der Waals surface area (Å²) >= 11 is 0. The Labute approximate surface area is 190 Å². The molecule has 0 aliphatic carbocycles. The second-order valence-corrected chi connectivity index (χ2v) is 9.93. The minimum absolute atomic E-state index is 0.0107. The summed E-state index contributed by atoms with van der Waals surface area (Å²) in [6.45, 7) is 7.07. The zero-order valence-corrected chi connectivity index (χ0v) is 19.4. The quantitative estimate of drug-likeness (QED) is 0.654. The predicted molar refractivity (Wildman–Crippen MR) is 120 cm³/mol. The van der Waals surface area contributed by atoms with E-state index in [-0.39, 0.29) is 41.7 Å². The number of amides is 2. The van der Waals surface area contributed by atoms with Crippen LogP contribution in [0.5, 0.6) is 11.5 Å². The molecule has 32 heavy (non-hydrogen) atoms. The monoisotopic (exact) mass is 444 g/mol. The molecule has 0 aromatic heterocycles. The molecule has 2 N–H and O–H groups in total. The number of nitrogens with one attached hydrogen (secondary N) is 1. The zero-order chi connectivity index (χ0) is 22.9. The maximum absolute atomic E-state index is 13.1. The smallest absolute Gasteiger partial charge is 0.222 e. The van der Waals surface area contributed by atoms with Crippen molar-refractivity contribution < 1.29 is 24.2 Å². The number of unbranched alkanes of at least 4 members (excludes halogenated alkanes) is 2. The number of carbonyl (C=O) groups excluding carboxylic acids is 2. The number of carbonyl (C=O) groups is 2. The Hall–Kier alpha value is -2.28. The van der Waals surface area contributed by atoms with Gasteiger partial charge < -0.3 is 24.8 Å². The van der Waals surface area contributed by atoms with Crippen LogP contribution in [-0.2, 0) is 14.3 Å². The van der Waals surface area contributed by atoms with Crippen molar-refractivity contribution in [3.8, 4) is 11.5 Å². The number of hydrogen-bond acceptors (Lipinski definition) is 5. The maximum Gasteiger partial charge on any atom is 0.222 e. The van der Waals surface area contributed by atoms with Gasteiger partial charge in [-0.15, -0.1) is 0 Å². The highest BCUT2D eigenvalue weighted by molar-refractivity contribution is 5.76. The molecule has 2 saturated heterocycles. The Balaban J connectivity index is 1.42. The van der Waals surface area contributed by atoms with Crippen molar-refractivity contribution in [2.24, 2.45) is 5.92 Å². The predicted octanol–water partition coefficient (Wildman–Crippen LogP) is 3.70. The van der Waals surface area contributed by atoms with Crippen molar-refractivity contribution in [1.29, 1.82) is 0 Å². The van der Waals surface area contributed by atoms with E-state index in [0.29, 0.717) is 18.7 Å². The second kappa shape index (κ2) is 9.30. The van der Waals surface area contributed by atoms with Gasteiger partial charge in [-0.1, -0.05) is 18.6 Å². The van der Waals surface area contributed by atoms with E-state index in [9.17, 15) is 14.7 Å². The molecule has 4 rings (SSSR count). The van der Waals surface area contributed by atoms with Gasteiger partial charge in [-0.25, -0.2) is 0 Å². The van der Waals surface area contributed by atoms with E-state index in [2.05, 4.69) is 5.32 Å². The summed E-state index contributed by atoms with van der Waals surface area (Å²) in [5.41, 5.74) is 0.410. The van der Waals surface area contributed by atoms with Crippen LogP contribution in [0.25, 0.3) is 0 Å². The van der Waals surface area contributed by atoms with Crippen LogP contribution in [0.2, 0.25) is 0 Å². The van der Waals surface area contributed by atoms with Crippen LogP contribution in [0.15, 0.2) is 18.2 Å². The van der Waals surface area contributed by atoms with Gasteiger partial charge in [0.15, 0.2) is 11.5 Å². The average molecular weight is 445 g/mol. The summed E-state index contributed by atoms with van der Waals surface area (Å²) in [5, 5.41) is 13.1. The van der Waals surface area contributed by atoms with Crippen LogP contribution in [0.4, 0.5) is 0 Å². The van der Waals surface area contributed by atoms with E-state index in [0.717, 1.165) is 50.6 Å². The van der Waals surface area contributed by atoms with Crippen LogP contribution in [0.3, 0.4) is 0 Å². The van der Waals surface area contributed by atoms with Gasteiger partial charge in [0.2, 0.25) is 11.8 Å². The number of rotatable bonds is 6. The van der Waals surface area contributed by atoms with Gasteiger partial charge in [-0.05, 0) is 52.0 Å². The van der Waals surface area contributed by atoms with Crippen LogP contribution < -0.4 is 10.1 Å². The molecule has 0 unspecified atom stereocenters. The minimum atomic E-state index is -0.503. The third kappa shape index (κ3) is 4.58. The lowest BCUT2D eigenvalue weighted by atomic mass is 9.72. The van der Waals surface area contributed by atoms with Crippen molar-refractivity contribution in [3.63, 3.8) is 0 Å². The molecule has 3 heterocycles. The number of para-hydroxylation sites is 1. The molecule has 3 aliphatic heterocycles. The first kappa shape index (κ1) is 22.9. The first-order valence-electron chi connectivity index (χ1n) is 12.0. The van der Waals surface area contributed by atoms with Gasteiger partial charge in [0, 0.05) is 37.9 Å². The molecule has 0 saturated carbocycles. The summed E-state index contributed by atoms with van der Waals surface area (Å²) in [7, 11) is 0. The Morgan fingerprint density at radius 3 is 2.84 bits per heavy atom. The average Bonchev–Trinajstić information content (AvgIpc) is 2.75. The number of benzene rings is 1. The molecule has 7 nitrogen and oxygen atoms in total. The van der Waals surface area contributed by atoms with Crippen LogP contribution >= 0.6 is 0 Å². The Kier molecular flexibility index (Phi) is 6.65. The lowest BCUT2D eigenvalue weighted by Gasteiger charge is -2.54. The fourth-order valence-corrected chi connectivity index (χ4v) is 5.58. The van der Waals surface area contributed by atoms with Gasteiger partial charge in [-0.3, -0.25) is 9.59 Å². The highest BCUT2D eigenvalue weighted by atomic mass is 16.5. The van der Waals surface area contributed by atoms with Crippen molar-refractivity contribution in [1.82, 2.24) is 10.2 Å². The van der Waals surface area contributed by atoms with E-state index in [1.807, 2.05) is 30.9 Å². The van der Waals surface area contributed by atoms with Crippen molar-refractivity contribution >= 4 is 11.8 Å². The first-order chi connectivity index (χ1) is 15.3. The normalized spacial score (nSPS) is 28.0. The standard InChI is InChI=1S/C25H36N2O5/c1-16(28)26-13-6-4-5-12-22(30)27-14-8-11-21-19(27)15-18-23(31-21)17-9-7-10-20(29)24(17)32-25(18,2)3/h7,9-10,18-19,21,23,29H,4-6,8,11-15H2,1-3H3,(H,26,28)/t18-,19-,21-,23+/m0/s1. The molecule has 1 aromatic rings. The van der Waals surface area contributed by atoms with E-state index >= 15 is 0 Å². The number of aromatic hydroxyl groups is 1. The maximum atomic E-state index is 13.1. The molecule has 176 valence electrons. The van der Waals surface area contributed by atoms with Crippen molar-refractivity contribution in [3.05, 3.63) is 23.8 Å². The minimum Gasteiger partial charge on any atom is -0.504 e. The van der Waals surface area contributed by atoms with Gasteiger partial charge in [0.1, 0.15) is 5.60 Å². The number of phenols is 1. The lowest BCUT2D eigenvalue weighted by molar-refractivity contribution is -0.193. The molecule has 2 fully saturated rings. The summed E-state index contributed by atoms with van der Waals surface area (Å²) in [4.78, 5) is 26.1. The fourth-order valence-electron chi connectivity index (χ4n) is 5.58. The van der Waals surface area contributed by atoms with Gasteiger partial charge in [-0.2, -0.15) is 0 Å². The molecule has 0 radical (unpaired) electrons.